The average molecular weight is 567 g/mol. The van der Waals surface area contributed by atoms with Crippen molar-refractivity contribution in [3.05, 3.63) is 71.4 Å². The Labute approximate surface area is 234 Å². The van der Waals surface area contributed by atoms with Crippen LogP contribution in [0, 0.1) is 6.92 Å². The van der Waals surface area contributed by atoms with Gasteiger partial charge in [-0.15, -0.1) is 0 Å². The molecule has 1 fully saturated rings. The number of anilines is 3. The minimum atomic E-state index is -4.58. The van der Waals surface area contributed by atoms with Crippen molar-refractivity contribution < 1.29 is 27.5 Å². The van der Waals surface area contributed by atoms with E-state index in [0.29, 0.717) is 42.8 Å². The number of H-pyrrole nitrogens is 1. The first-order chi connectivity index (χ1) is 19.5. The predicted octanol–water partition coefficient (Wildman–Crippen LogP) is 5.74. The highest BCUT2D eigenvalue weighted by Crippen LogP contribution is 2.39. The van der Waals surface area contributed by atoms with E-state index < -0.39 is 23.7 Å². The number of amides is 2. The summed E-state index contributed by atoms with van der Waals surface area (Å²) >= 11 is 0. The fourth-order valence-electron chi connectivity index (χ4n) is 4.91. The number of urea groups is 1. The van der Waals surface area contributed by atoms with Gasteiger partial charge >= 0.3 is 18.2 Å². The number of esters is 1. The lowest BCUT2D eigenvalue weighted by molar-refractivity contribution is -0.137. The molecule has 0 radical (unpaired) electrons. The van der Waals surface area contributed by atoms with Crippen molar-refractivity contribution in [3.63, 3.8) is 0 Å². The number of nitrogens with one attached hydrogen (secondary N) is 3. The lowest BCUT2D eigenvalue weighted by Gasteiger charge is -2.35. The first-order valence-corrected chi connectivity index (χ1v) is 12.9. The van der Waals surface area contributed by atoms with E-state index in [1.807, 2.05) is 32.2 Å². The Balaban J connectivity index is 1.34. The summed E-state index contributed by atoms with van der Waals surface area (Å²) in [7, 11) is 3.22. The van der Waals surface area contributed by atoms with Crippen LogP contribution in [-0.4, -0.2) is 67.4 Å². The minimum Gasteiger partial charge on any atom is -0.464 e. The molecule has 0 unspecified atom stereocenters. The van der Waals surface area contributed by atoms with Crippen molar-refractivity contribution in [2.45, 2.75) is 13.1 Å². The molecule has 5 rings (SSSR count). The van der Waals surface area contributed by atoms with Gasteiger partial charge in [0.1, 0.15) is 0 Å². The molecule has 2 amide bonds. The minimum absolute atomic E-state index is 0.0335. The van der Waals surface area contributed by atoms with Crippen LogP contribution in [0.2, 0.25) is 0 Å². The van der Waals surface area contributed by atoms with E-state index >= 15 is 0 Å². The maximum Gasteiger partial charge on any atom is 0.418 e. The van der Waals surface area contributed by atoms with Gasteiger partial charge in [-0.05, 0) is 73.1 Å². The quantitative estimate of drug-likeness (QED) is 0.266. The molecular formula is C29H29F3N6O3. The number of nitrogens with zero attached hydrogens (tertiary/aromatic N) is 3. The Morgan fingerprint density at radius 2 is 1.63 bits per heavy atom. The molecule has 2 heterocycles. The zero-order valence-electron chi connectivity index (χ0n) is 22.7. The van der Waals surface area contributed by atoms with Gasteiger partial charge in [0, 0.05) is 48.6 Å². The lowest BCUT2D eigenvalue weighted by Crippen LogP contribution is -2.45. The number of halogens is 3. The fourth-order valence-corrected chi connectivity index (χ4v) is 4.91. The topological polar surface area (TPSA) is 103 Å². The molecule has 1 aromatic heterocycles. The molecule has 4 aromatic rings. The van der Waals surface area contributed by atoms with Crippen LogP contribution in [0.5, 0.6) is 0 Å². The summed E-state index contributed by atoms with van der Waals surface area (Å²) in [5, 5.41) is 12.7. The highest BCUT2D eigenvalue weighted by atomic mass is 19.4. The number of carbonyl (C=O) groups is 2. The van der Waals surface area contributed by atoms with Crippen LogP contribution in [0.15, 0.2) is 54.6 Å². The SMILES string of the molecule is COC(=O)c1n[nH]c2cc(-c3cc(NC(=O)Nc4ccc(N5CCN(C)CC5)c(C(F)(F)F)c4)ccc3C)ccc12. The van der Waals surface area contributed by atoms with Crippen molar-refractivity contribution in [3.8, 4) is 11.1 Å². The maximum atomic E-state index is 13.9. The Morgan fingerprint density at radius 1 is 0.951 bits per heavy atom. The Bertz CT molecular complexity index is 1610. The van der Waals surface area contributed by atoms with Gasteiger partial charge in [0.25, 0.3) is 0 Å². The third-order valence-electron chi connectivity index (χ3n) is 7.15. The first kappa shape index (κ1) is 28.0. The summed E-state index contributed by atoms with van der Waals surface area (Å²) in [6, 6.07) is 13.9. The van der Waals surface area contributed by atoms with Gasteiger partial charge in [-0.25, -0.2) is 9.59 Å². The van der Waals surface area contributed by atoms with Crippen molar-refractivity contribution in [2.24, 2.45) is 0 Å². The highest BCUT2D eigenvalue weighted by Gasteiger charge is 2.36. The smallest absolute Gasteiger partial charge is 0.418 e. The average Bonchev–Trinajstić information content (AvgIpc) is 3.37. The summed E-state index contributed by atoms with van der Waals surface area (Å²) in [5.41, 5.74) is 3.18. The Hall–Kier alpha value is -4.58. The molecule has 3 N–H and O–H groups in total. The summed E-state index contributed by atoms with van der Waals surface area (Å²) in [6.07, 6.45) is -4.58. The number of ether oxygens (including phenoxy) is 1. The van der Waals surface area contributed by atoms with E-state index in [2.05, 4.69) is 25.7 Å². The molecule has 0 spiro atoms. The van der Waals surface area contributed by atoms with E-state index in [1.165, 1.54) is 19.2 Å². The molecule has 1 aliphatic heterocycles. The largest absolute Gasteiger partial charge is 0.464 e. The number of methoxy groups -OCH3 is 1. The first-order valence-electron chi connectivity index (χ1n) is 12.9. The standard InChI is InChI=1S/C29H29F3N6O3/c1-17-4-6-19(15-22(17)18-5-8-21-24(14-18)35-36-26(21)27(39)41-3)33-28(40)34-20-7-9-25(23(16-20)29(30,31)32)38-12-10-37(2)11-13-38/h4-9,14-16H,10-13H2,1-3H3,(H,35,36)(H2,33,34,40). The van der Waals surface area contributed by atoms with Crippen molar-refractivity contribution in [1.29, 1.82) is 0 Å². The number of benzene rings is 3. The van der Waals surface area contributed by atoms with Crippen molar-refractivity contribution in [1.82, 2.24) is 15.1 Å². The van der Waals surface area contributed by atoms with Crippen molar-refractivity contribution in [2.75, 3.05) is 55.9 Å². The van der Waals surface area contributed by atoms with Crippen LogP contribution < -0.4 is 15.5 Å². The summed E-state index contributed by atoms with van der Waals surface area (Å²) < 4.78 is 46.6. The van der Waals surface area contributed by atoms with Crippen LogP contribution in [0.3, 0.4) is 0 Å². The number of piperazine rings is 1. The number of carbonyl (C=O) groups excluding carboxylic acids is 2. The Morgan fingerprint density at radius 3 is 2.32 bits per heavy atom. The molecule has 0 saturated carbocycles. The molecule has 3 aromatic carbocycles. The summed E-state index contributed by atoms with van der Waals surface area (Å²) in [4.78, 5) is 28.5. The van der Waals surface area contributed by atoms with E-state index in [-0.39, 0.29) is 17.1 Å². The van der Waals surface area contributed by atoms with Gasteiger partial charge in [0.2, 0.25) is 0 Å². The molecule has 0 atom stereocenters. The number of fused-ring (bicyclic) bond motifs is 1. The second-order valence-electron chi connectivity index (χ2n) is 9.95. The normalized spacial score (nSPS) is 14.2. The van der Waals surface area contributed by atoms with Gasteiger partial charge in [-0.2, -0.15) is 18.3 Å². The van der Waals surface area contributed by atoms with Gasteiger partial charge < -0.3 is 25.2 Å². The number of hydrogen-bond acceptors (Lipinski definition) is 6. The zero-order valence-corrected chi connectivity index (χ0v) is 22.7. The number of aryl methyl sites for hydroxylation is 1. The molecule has 1 saturated heterocycles. The van der Waals surface area contributed by atoms with E-state index in [0.717, 1.165) is 22.8 Å². The van der Waals surface area contributed by atoms with Crippen LogP contribution in [0.1, 0.15) is 21.6 Å². The second-order valence-corrected chi connectivity index (χ2v) is 9.95. The molecule has 1 aliphatic rings. The molecular weight excluding hydrogens is 537 g/mol. The predicted molar refractivity (Wildman–Crippen MR) is 151 cm³/mol. The van der Waals surface area contributed by atoms with Crippen LogP contribution >= 0.6 is 0 Å². The van der Waals surface area contributed by atoms with Crippen LogP contribution in [0.4, 0.5) is 35.0 Å². The number of likely N-dealkylation sites (N-methyl/N-ethyl adjacent to an activating group) is 1. The molecule has 9 nitrogen and oxygen atoms in total. The monoisotopic (exact) mass is 566 g/mol. The Kier molecular flexibility index (Phi) is 7.59. The summed E-state index contributed by atoms with van der Waals surface area (Å²) in [5.74, 6) is -0.547. The number of aromatic nitrogens is 2. The third-order valence-corrected chi connectivity index (χ3v) is 7.15. The summed E-state index contributed by atoms with van der Waals surface area (Å²) in [6.45, 7) is 4.23. The molecule has 12 heteroatoms. The van der Waals surface area contributed by atoms with Gasteiger partial charge in [0.15, 0.2) is 5.69 Å². The number of alkyl halides is 3. The van der Waals surface area contributed by atoms with Crippen molar-refractivity contribution >= 4 is 40.0 Å². The van der Waals surface area contributed by atoms with Gasteiger partial charge in [-0.3, -0.25) is 5.10 Å². The van der Waals surface area contributed by atoms with Crippen LogP contribution in [-0.2, 0) is 10.9 Å². The second kappa shape index (κ2) is 11.1. The van der Waals surface area contributed by atoms with E-state index in [4.69, 9.17) is 4.74 Å². The molecule has 0 bridgehead atoms. The fraction of sp³-hybridized carbons (Fsp3) is 0.276. The number of hydrogen-bond donors (Lipinski definition) is 3. The highest BCUT2D eigenvalue weighted by molar-refractivity contribution is 6.03. The molecule has 214 valence electrons. The lowest BCUT2D eigenvalue weighted by atomic mass is 9.98. The van der Waals surface area contributed by atoms with E-state index in [9.17, 15) is 22.8 Å². The molecule has 41 heavy (non-hydrogen) atoms. The third kappa shape index (κ3) is 5.97. The van der Waals surface area contributed by atoms with Gasteiger partial charge in [-0.1, -0.05) is 12.1 Å². The number of rotatable bonds is 5. The zero-order chi connectivity index (χ0) is 29.3. The molecule has 0 aliphatic carbocycles. The number of aromatic amines is 1. The van der Waals surface area contributed by atoms with E-state index in [1.54, 1.807) is 23.1 Å². The van der Waals surface area contributed by atoms with Gasteiger partial charge in [0.05, 0.1) is 18.2 Å². The maximum absolute atomic E-state index is 13.9. The van der Waals surface area contributed by atoms with Crippen LogP contribution in [0.25, 0.3) is 22.0 Å².